The van der Waals surface area contributed by atoms with E-state index in [1.807, 2.05) is 34.9 Å². The van der Waals surface area contributed by atoms with Gasteiger partial charge in [-0.2, -0.15) is 11.8 Å². The van der Waals surface area contributed by atoms with Crippen LogP contribution in [0.2, 0.25) is 0 Å². The number of rotatable bonds is 9. The van der Waals surface area contributed by atoms with E-state index in [1.165, 1.54) is 11.8 Å². The van der Waals surface area contributed by atoms with Gasteiger partial charge in [0.05, 0.1) is 6.33 Å². The maximum absolute atomic E-state index is 11.8. The summed E-state index contributed by atoms with van der Waals surface area (Å²) in [5.41, 5.74) is 1.85. The Morgan fingerprint density at radius 3 is 2.69 bits per heavy atom. The molecule has 0 aliphatic rings. The number of benzene rings is 1. The average Bonchev–Trinajstić information content (AvgIpc) is 3.08. The highest BCUT2D eigenvalue weighted by Crippen LogP contribution is 2.16. The van der Waals surface area contributed by atoms with Crippen LogP contribution in [0.3, 0.4) is 0 Å². The third kappa shape index (κ3) is 6.11. The fourth-order valence-corrected chi connectivity index (χ4v) is 3.28. The Labute approximate surface area is 156 Å². The van der Waals surface area contributed by atoms with E-state index in [-0.39, 0.29) is 18.4 Å². The lowest BCUT2D eigenvalue weighted by atomic mass is 10.2. The van der Waals surface area contributed by atoms with Crippen molar-refractivity contribution in [3.8, 4) is 0 Å². The largest absolute Gasteiger partial charge is 0.480 e. The molecule has 0 fully saturated rings. The van der Waals surface area contributed by atoms with E-state index in [0.29, 0.717) is 5.75 Å². The fourth-order valence-electron chi connectivity index (χ4n) is 2.27. The molecule has 0 radical (unpaired) electrons. The molecule has 1 heterocycles. The van der Waals surface area contributed by atoms with Gasteiger partial charge >= 0.3 is 12.1 Å². The molecule has 2 rings (SSSR count). The maximum Gasteiger partial charge on any atom is 0.408 e. The topological polar surface area (TPSA) is 93.5 Å². The van der Waals surface area contributed by atoms with Gasteiger partial charge in [0.15, 0.2) is 0 Å². The highest BCUT2D eigenvalue weighted by Gasteiger charge is 2.21. The van der Waals surface area contributed by atoms with E-state index in [0.717, 1.165) is 11.3 Å². The molecule has 2 N–H and O–H groups in total. The van der Waals surface area contributed by atoms with Crippen LogP contribution < -0.4 is 5.32 Å². The summed E-state index contributed by atoms with van der Waals surface area (Å²) in [6.07, 6.45) is 2.78. The monoisotopic (exact) mass is 377 g/mol. The van der Waals surface area contributed by atoms with Gasteiger partial charge in [-0.3, -0.25) is 0 Å². The van der Waals surface area contributed by atoms with Gasteiger partial charge in [-0.15, -0.1) is 0 Å². The van der Waals surface area contributed by atoms with Crippen molar-refractivity contribution in [2.24, 2.45) is 0 Å². The molecule has 140 valence electrons. The van der Waals surface area contributed by atoms with Gasteiger partial charge in [-0.25, -0.2) is 14.6 Å². The molecule has 0 saturated carbocycles. The van der Waals surface area contributed by atoms with Crippen molar-refractivity contribution in [3.63, 3.8) is 0 Å². The van der Waals surface area contributed by atoms with Crippen LogP contribution in [0.1, 0.15) is 31.1 Å². The minimum absolute atomic E-state index is 0.0970. The third-order valence-corrected chi connectivity index (χ3v) is 4.71. The number of nitrogens with one attached hydrogen (secondary N) is 1. The number of thioether (sulfide) groups is 1. The summed E-state index contributed by atoms with van der Waals surface area (Å²) in [5.74, 6) is -0.242. The van der Waals surface area contributed by atoms with Crippen molar-refractivity contribution < 1.29 is 19.4 Å². The summed E-state index contributed by atoms with van der Waals surface area (Å²) in [4.78, 5) is 27.3. The van der Waals surface area contributed by atoms with Crippen LogP contribution in [0.25, 0.3) is 0 Å². The average molecular weight is 377 g/mol. The van der Waals surface area contributed by atoms with Crippen molar-refractivity contribution in [1.29, 1.82) is 0 Å². The molecule has 1 amide bonds. The second kappa shape index (κ2) is 9.86. The summed E-state index contributed by atoms with van der Waals surface area (Å²) in [5, 5.41) is 11.7. The predicted molar refractivity (Wildman–Crippen MR) is 100.0 cm³/mol. The Bertz CT molecular complexity index is 718. The fraction of sp³-hybridized carbons (Fsp3) is 0.389. The van der Waals surface area contributed by atoms with Gasteiger partial charge in [0.2, 0.25) is 0 Å². The molecule has 0 aliphatic carbocycles. The number of carboxylic acid groups (broad SMARTS) is 1. The number of amides is 1. The number of alkyl carbamates (subject to hydrolysis) is 1. The Balaban J connectivity index is 1.79. The van der Waals surface area contributed by atoms with Gasteiger partial charge in [-0.1, -0.05) is 30.3 Å². The number of aromatic nitrogens is 2. The summed E-state index contributed by atoms with van der Waals surface area (Å²) in [6.45, 7) is 4.21. The van der Waals surface area contributed by atoms with E-state index < -0.39 is 18.1 Å². The number of ether oxygens (including phenoxy) is 1. The molecule has 0 spiro atoms. The minimum atomic E-state index is -1.09. The number of hydrogen-bond acceptors (Lipinski definition) is 5. The van der Waals surface area contributed by atoms with Gasteiger partial charge in [0.25, 0.3) is 0 Å². The number of nitrogens with zero attached hydrogens (tertiary/aromatic N) is 2. The minimum Gasteiger partial charge on any atom is -0.480 e. The summed E-state index contributed by atoms with van der Waals surface area (Å²) >= 11 is 1.42. The van der Waals surface area contributed by atoms with Crippen LogP contribution in [0.15, 0.2) is 42.9 Å². The quantitative estimate of drug-likeness (QED) is 0.697. The van der Waals surface area contributed by atoms with Crippen molar-refractivity contribution >= 4 is 23.8 Å². The normalized spacial score (nSPS) is 12.0. The number of carboxylic acids is 1. The molecule has 0 aliphatic heterocycles. The highest BCUT2D eigenvalue weighted by atomic mass is 32.2. The molecule has 26 heavy (non-hydrogen) atoms. The van der Waals surface area contributed by atoms with Crippen molar-refractivity contribution in [2.75, 3.05) is 5.75 Å². The third-order valence-electron chi connectivity index (χ3n) is 3.64. The molecule has 0 bridgehead atoms. The second-order valence-corrected chi connectivity index (χ2v) is 7.03. The molecule has 1 aromatic heterocycles. The number of aliphatic carboxylic acids is 1. The smallest absolute Gasteiger partial charge is 0.408 e. The van der Waals surface area contributed by atoms with Crippen molar-refractivity contribution in [3.05, 3.63) is 54.1 Å². The Kier molecular flexibility index (Phi) is 7.53. The first-order valence-corrected chi connectivity index (χ1v) is 9.41. The second-order valence-electron chi connectivity index (χ2n) is 6.00. The first-order valence-electron chi connectivity index (χ1n) is 8.26. The summed E-state index contributed by atoms with van der Waals surface area (Å²) in [7, 11) is 0. The number of imidazole rings is 1. The van der Waals surface area contributed by atoms with Gasteiger partial charge in [-0.05, 0) is 19.4 Å². The van der Waals surface area contributed by atoms with Crippen LogP contribution in [-0.4, -0.2) is 38.5 Å². The molecule has 1 atom stereocenters. The lowest BCUT2D eigenvalue weighted by Gasteiger charge is -2.15. The molecular weight excluding hydrogens is 354 g/mol. The van der Waals surface area contributed by atoms with Gasteiger partial charge in [0, 0.05) is 29.4 Å². The molecule has 0 saturated heterocycles. The Morgan fingerprint density at radius 2 is 2.04 bits per heavy atom. The SMILES string of the molecule is CC(C)n1cncc1CSCC(NC(=O)OCc1ccccc1)C(=O)O. The standard InChI is InChI=1S/C18H23N3O4S/c1-13(2)21-12-19-8-15(21)10-26-11-16(17(22)23)20-18(24)25-9-14-6-4-3-5-7-14/h3-8,12-13,16H,9-11H2,1-2H3,(H,20,24)(H,22,23). The first-order chi connectivity index (χ1) is 12.5. The maximum atomic E-state index is 11.8. The molecule has 2 aromatic rings. The predicted octanol–water partition coefficient (Wildman–Crippen LogP) is 3.08. The van der Waals surface area contributed by atoms with E-state index in [1.54, 1.807) is 12.5 Å². The molecule has 7 nitrogen and oxygen atoms in total. The van der Waals surface area contributed by atoms with Gasteiger partial charge in [0.1, 0.15) is 12.6 Å². The van der Waals surface area contributed by atoms with E-state index >= 15 is 0 Å². The number of carbonyl (C=O) groups is 2. The highest BCUT2D eigenvalue weighted by molar-refractivity contribution is 7.98. The molecular formula is C18H23N3O4S. The van der Waals surface area contributed by atoms with E-state index in [4.69, 9.17) is 4.74 Å². The van der Waals surface area contributed by atoms with Crippen LogP contribution in [0.5, 0.6) is 0 Å². The van der Waals surface area contributed by atoms with Crippen molar-refractivity contribution in [1.82, 2.24) is 14.9 Å². The molecule has 1 aromatic carbocycles. The van der Waals surface area contributed by atoms with Crippen LogP contribution >= 0.6 is 11.8 Å². The lowest BCUT2D eigenvalue weighted by molar-refractivity contribution is -0.138. The van der Waals surface area contributed by atoms with Gasteiger partial charge < -0.3 is 19.7 Å². The Morgan fingerprint density at radius 1 is 1.31 bits per heavy atom. The molecule has 1 unspecified atom stereocenters. The zero-order chi connectivity index (χ0) is 18.9. The van der Waals surface area contributed by atoms with Crippen LogP contribution in [0.4, 0.5) is 4.79 Å². The number of hydrogen-bond donors (Lipinski definition) is 2. The lowest BCUT2D eigenvalue weighted by Crippen LogP contribution is -2.42. The van der Waals surface area contributed by atoms with E-state index in [2.05, 4.69) is 24.1 Å². The molecule has 8 heteroatoms. The van der Waals surface area contributed by atoms with Crippen LogP contribution in [0, 0.1) is 0 Å². The van der Waals surface area contributed by atoms with E-state index in [9.17, 15) is 14.7 Å². The first kappa shape index (κ1) is 19.8. The van der Waals surface area contributed by atoms with Crippen molar-refractivity contribution in [2.45, 2.75) is 38.3 Å². The Hall–Kier alpha value is -2.48. The zero-order valence-corrected chi connectivity index (χ0v) is 15.6. The number of carbonyl (C=O) groups excluding carboxylic acids is 1. The zero-order valence-electron chi connectivity index (χ0n) is 14.8. The summed E-state index contributed by atoms with van der Waals surface area (Å²) in [6, 6.07) is 8.48. The van der Waals surface area contributed by atoms with Crippen LogP contribution in [-0.2, 0) is 21.9 Å². The summed E-state index contributed by atoms with van der Waals surface area (Å²) < 4.78 is 7.11.